The summed E-state index contributed by atoms with van der Waals surface area (Å²) in [5.41, 5.74) is 7.54. The molecule has 0 saturated heterocycles. The van der Waals surface area contributed by atoms with Gasteiger partial charge in [-0.05, 0) is 43.2 Å². The fourth-order valence-electron chi connectivity index (χ4n) is 2.42. The highest BCUT2D eigenvalue weighted by atomic mass is 35.5. The average molecular weight is 350 g/mol. The fourth-order valence-corrected chi connectivity index (χ4v) is 2.65. The summed E-state index contributed by atoms with van der Waals surface area (Å²) < 4.78 is 10.7. The molecule has 7 heteroatoms. The minimum Gasteiger partial charge on any atom is -0.493 e. The molecule has 128 valence electrons. The molecule has 0 radical (unpaired) electrons. The van der Waals surface area contributed by atoms with Gasteiger partial charge in [0.1, 0.15) is 5.82 Å². The average Bonchev–Trinajstić information content (AvgIpc) is 2.55. The number of nitrogens with two attached hydrogens (primary N) is 1. The summed E-state index contributed by atoms with van der Waals surface area (Å²) in [4.78, 5) is 15.3. The van der Waals surface area contributed by atoms with Crippen molar-refractivity contribution >= 4 is 23.3 Å². The van der Waals surface area contributed by atoms with E-state index in [0.717, 1.165) is 11.1 Å². The Morgan fingerprint density at radius 1 is 1.25 bits per heavy atom. The molecule has 0 aliphatic heterocycles. The first-order valence-electron chi connectivity index (χ1n) is 7.31. The van der Waals surface area contributed by atoms with Crippen LogP contribution in [-0.4, -0.2) is 25.1 Å². The van der Waals surface area contributed by atoms with Crippen LogP contribution in [0, 0.1) is 6.92 Å². The van der Waals surface area contributed by atoms with Gasteiger partial charge in [-0.15, -0.1) is 0 Å². The van der Waals surface area contributed by atoms with E-state index in [1.807, 2.05) is 26.0 Å². The first-order valence-corrected chi connectivity index (χ1v) is 7.69. The molecule has 0 aliphatic rings. The number of carbonyl (C=O) groups excluding carboxylic acids is 1. The van der Waals surface area contributed by atoms with Gasteiger partial charge in [-0.3, -0.25) is 4.79 Å². The molecule has 1 aromatic heterocycles. The summed E-state index contributed by atoms with van der Waals surface area (Å²) in [5.74, 6) is 1.23. The number of benzene rings is 1. The number of aryl methyl sites for hydroxylation is 1. The molecule has 1 aromatic carbocycles. The highest BCUT2D eigenvalue weighted by Gasteiger charge is 2.16. The molecule has 0 fully saturated rings. The van der Waals surface area contributed by atoms with E-state index in [0.29, 0.717) is 22.3 Å². The quantitative estimate of drug-likeness (QED) is 0.835. The fraction of sp³-hybridized carbons (Fsp3) is 0.294. The Labute approximate surface area is 145 Å². The van der Waals surface area contributed by atoms with Gasteiger partial charge in [0, 0.05) is 6.20 Å². The zero-order chi connectivity index (χ0) is 17.9. The number of anilines is 1. The Hall–Kier alpha value is -2.47. The predicted molar refractivity (Wildman–Crippen MR) is 94.1 cm³/mol. The van der Waals surface area contributed by atoms with E-state index >= 15 is 0 Å². The Kier molecular flexibility index (Phi) is 5.51. The van der Waals surface area contributed by atoms with Crippen molar-refractivity contribution in [3.05, 3.63) is 46.1 Å². The first-order chi connectivity index (χ1) is 11.4. The van der Waals surface area contributed by atoms with Crippen LogP contribution in [0.3, 0.4) is 0 Å². The second kappa shape index (κ2) is 7.40. The van der Waals surface area contributed by atoms with Crippen LogP contribution in [0.5, 0.6) is 11.5 Å². The summed E-state index contributed by atoms with van der Waals surface area (Å²) in [5, 5.41) is 3.56. The van der Waals surface area contributed by atoms with Gasteiger partial charge in [0.2, 0.25) is 5.91 Å². The van der Waals surface area contributed by atoms with E-state index in [1.165, 1.54) is 12.3 Å². The number of pyridine rings is 1. The molecule has 24 heavy (non-hydrogen) atoms. The standard InChI is InChI=1S/C17H20ClN3O3/c1-9-5-14(23-3)15(24-4)7-12(9)10(2)21-17-13(18)6-11(8-20-17)16(19)22/h5-8,10H,1-4H3,(H2,19,22)(H,20,21)/t10-/m0/s1. The molecule has 0 bridgehead atoms. The number of aromatic nitrogens is 1. The van der Waals surface area contributed by atoms with Crippen LogP contribution in [0.4, 0.5) is 5.82 Å². The van der Waals surface area contributed by atoms with Crippen LogP contribution in [0.25, 0.3) is 0 Å². The van der Waals surface area contributed by atoms with Crippen molar-refractivity contribution in [2.24, 2.45) is 5.73 Å². The molecule has 1 atom stereocenters. The van der Waals surface area contributed by atoms with E-state index in [2.05, 4.69) is 10.3 Å². The molecule has 2 rings (SSSR count). The lowest BCUT2D eigenvalue weighted by Gasteiger charge is -2.20. The normalized spacial score (nSPS) is 11.7. The number of hydrogen-bond acceptors (Lipinski definition) is 5. The number of ether oxygens (including phenoxy) is 2. The number of primary amides is 1. The van der Waals surface area contributed by atoms with Crippen molar-refractivity contribution < 1.29 is 14.3 Å². The molecular weight excluding hydrogens is 330 g/mol. The zero-order valence-corrected chi connectivity index (χ0v) is 14.8. The van der Waals surface area contributed by atoms with E-state index in [-0.39, 0.29) is 11.6 Å². The lowest BCUT2D eigenvalue weighted by atomic mass is 10.0. The van der Waals surface area contributed by atoms with E-state index in [9.17, 15) is 4.79 Å². The minimum atomic E-state index is -0.570. The van der Waals surface area contributed by atoms with Gasteiger partial charge in [-0.1, -0.05) is 11.6 Å². The second-order valence-corrected chi connectivity index (χ2v) is 5.76. The summed E-state index contributed by atoms with van der Waals surface area (Å²) in [6, 6.07) is 5.23. The van der Waals surface area contributed by atoms with Crippen molar-refractivity contribution in [2.75, 3.05) is 19.5 Å². The first kappa shape index (κ1) is 17.9. The zero-order valence-electron chi connectivity index (χ0n) is 14.0. The molecule has 0 spiro atoms. The smallest absolute Gasteiger partial charge is 0.250 e. The molecule has 0 saturated carbocycles. The van der Waals surface area contributed by atoms with E-state index < -0.39 is 5.91 Å². The Bertz CT molecular complexity index is 765. The van der Waals surface area contributed by atoms with Gasteiger partial charge in [-0.2, -0.15) is 0 Å². The molecule has 0 aliphatic carbocycles. The van der Waals surface area contributed by atoms with Crippen LogP contribution in [0.1, 0.15) is 34.5 Å². The van der Waals surface area contributed by atoms with Gasteiger partial charge in [0.05, 0.1) is 30.8 Å². The highest BCUT2D eigenvalue weighted by Crippen LogP contribution is 2.34. The Morgan fingerprint density at radius 3 is 2.42 bits per heavy atom. The number of amides is 1. The Balaban J connectivity index is 2.30. The highest BCUT2D eigenvalue weighted by molar-refractivity contribution is 6.33. The molecule has 0 unspecified atom stereocenters. The minimum absolute atomic E-state index is 0.0887. The van der Waals surface area contributed by atoms with Crippen LogP contribution < -0.4 is 20.5 Å². The van der Waals surface area contributed by atoms with Crippen molar-refractivity contribution in [3.63, 3.8) is 0 Å². The maximum Gasteiger partial charge on any atom is 0.250 e. The summed E-state index contributed by atoms with van der Waals surface area (Å²) in [6.45, 7) is 3.97. The van der Waals surface area contributed by atoms with Crippen LogP contribution in [0.15, 0.2) is 24.4 Å². The second-order valence-electron chi connectivity index (χ2n) is 5.35. The lowest BCUT2D eigenvalue weighted by Crippen LogP contribution is -2.13. The number of nitrogens with zero attached hydrogens (tertiary/aromatic N) is 1. The number of nitrogens with one attached hydrogen (secondary N) is 1. The van der Waals surface area contributed by atoms with E-state index in [4.69, 9.17) is 26.8 Å². The van der Waals surface area contributed by atoms with Crippen molar-refractivity contribution in [1.29, 1.82) is 0 Å². The Morgan fingerprint density at radius 2 is 1.88 bits per heavy atom. The van der Waals surface area contributed by atoms with Gasteiger partial charge < -0.3 is 20.5 Å². The third-order valence-corrected chi connectivity index (χ3v) is 4.01. The molecule has 2 aromatic rings. The SMILES string of the molecule is COc1cc(C)c([C@H](C)Nc2ncc(C(N)=O)cc2Cl)cc1OC. The van der Waals surface area contributed by atoms with Gasteiger partial charge in [0.25, 0.3) is 0 Å². The molecular formula is C17H20ClN3O3. The van der Waals surface area contributed by atoms with Crippen LogP contribution in [0.2, 0.25) is 5.02 Å². The largest absolute Gasteiger partial charge is 0.493 e. The van der Waals surface area contributed by atoms with Gasteiger partial charge >= 0.3 is 0 Å². The van der Waals surface area contributed by atoms with Crippen LogP contribution >= 0.6 is 11.6 Å². The van der Waals surface area contributed by atoms with Crippen LogP contribution in [-0.2, 0) is 0 Å². The third-order valence-electron chi connectivity index (χ3n) is 3.72. The molecule has 3 N–H and O–H groups in total. The maximum absolute atomic E-state index is 11.2. The number of methoxy groups -OCH3 is 2. The van der Waals surface area contributed by atoms with Crippen molar-refractivity contribution in [2.45, 2.75) is 19.9 Å². The van der Waals surface area contributed by atoms with Crippen molar-refractivity contribution in [3.8, 4) is 11.5 Å². The third kappa shape index (κ3) is 3.71. The number of halogens is 1. The van der Waals surface area contributed by atoms with Crippen molar-refractivity contribution in [1.82, 2.24) is 4.98 Å². The molecule has 1 heterocycles. The maximum atomic E-state index is 11.2. The lowest BCUT2D eigenvalue weighted by molar-refractivity contribution is 0.1000. The molecule has 6 nitrogen and oxygen atoms in total. The monoisotopic (exact) mass is 349 g/mol. The topological polar surface area (TPSA) is 86.5 Å². The summed E-state index contributed by atoms with van der Waals surface area (Å²) in [6.07, 6.45) is 1.39. The summed E-state index contributed by atoms with van der Waals surface area (Å²) in [7, 11) is 3.19. The predicted octanol–water partition coefficient (Wildman–Crippen LogP) is 3.33. The number of rotatable bonds is 6. The van der Waals surface area contributed by atoms with Gasteiger partial charge in [-0.25, -0.2) is 4.98 Å². The molecule has 1 amide bonds. The number of carbonyl (C=O) groups is 1. The van der Waals surface area contributed by atoms with Gasteiger partial charge in [0.15, 0.2) is 11.5 Å². The number of hydrogen-bond donors (Lipinski definition) is 2. The summed E-state index contributed by atoms with van der Waals surface area (Å²) >= 11 is 6.17. The van der Waals surface area contributed by atoms with E-state index in [1.54, 1.807) is 14.2 Å².